The van der Waals surface area contributed by atoms with Gasteiger partial charge in [0.15, 0.2) is 0 Å². The molecule has 1 heterocycles. The van der Waals surface area contributed by atoms with Crippen LogP contribution in [0.1, 0.15) is 5.56 Å². The highest BCUT2D eigenvalue weighted by molar-refractivity contribution is 5.45. The van der Waals surface area contributed by atoms with E-state index in [-0.39, 0.29) is 5.82 Å². The minimum absolute atomic E-state index is 0.207. The van der Waals surface area contributed by atoms with Crippen LogP contribution in [0.3, 0.4) is 0 Å². The third-order valence-corrected chi connectivity index (χ3v) is 2.56. The summed E-state index contributed by atoms with van der Waals surface area (Å²) in [7, 11) is 1.81. The molecule has 1 aromatic carbocycles. The van der Waals surface area contributed by atoms with Crippen molar-refractivity contribution < 1.29 is 4.39 Å². The van der Waals surface area contributed by atoms with E-state index < -0.39 is 0 Å². The lowest BCUT2D eigenvalue weighted by atomic mass is 10.1. The molecule has 0 atom stereocenters. The highest BCUT2D eigenvalue weighted by atomic mass is 19.1. The fourth-order valence-electron chi connectivity index (χ4n) is 1.58. The lowest BCUT2D eigenvalue weighted by molar-refractivity contribution is 0.627. The number of nitrogens with zero attached hydrogens (tertiary/aromatic N) is 2. The second-order valence-electron chi connectivity index (χ2n) is 3.84. The molecule has 0 bridgehead atoms. The Labute approximate surface area is 105 Å². The molecular formula is C13H15FN4. The lowest BCUT2D eigenvalue weighted by Crippen LogP contribution is -2.07. The number of nitrogens with one attached hydrogen (secondary N) is 2. The molecule has 94 valence electrons. The van der Waals surface area contributed by atoms with E-state index in [4.69, 9.17) is 0 Å². The predicted octanol–water partition coefficient (Wildman–Crippen LogP) is 2.31. The van der Waals surface area contributed by atoms with Crippen LogP contribution < -0.4 is 10.6 Å². The van der Waals surface area contributed by atoms with Gasteiger partial charge in [-0.15, -0.1) is 0 Å². The Morgan fingerprint density at radius 3 is 2.56 bits per heavy atom. The molecule has 5 heteroatoms. The van der Waals surface area contributed by atoms with Crippen molar-refractivity contribution in [2.24, 2.45) is 0 Å². The summed E-state index contributed by atoms with van der Waals surface area (Å²) in [4.78, 5) is 8.14. The molecule has 1 aromatic heterocycles. The first kappa shape index (κ1) is 12.3. The van der Waals surface area contributed by atoms with E-state index in [0.29, 0.717) is 0 Å². The maximum atomic E-state index is 12.7. The summed E-state index contributed by atoms with van der Waals surface area (Å²) in [5.41, 5.74) is 1.09. The molecule has 2 aromatic rings. The Kier molecular flexibility index (Phi) is 4.06. The number of aromatic nitrogens is 2. The van der Waals surface area contributed by atoms with Crippen LogP contribution in [0, 0.1) is 5.82 Å². The van der Waals surface area contributed by atoms with E-state index in [2.05, 4.69) is 20.6 Å². The lowest BCUT2D eigenvalue weighted by Gasteiger charge is -2.06. The van der Waals surface area contributed by atoms with Gasteiger partial charge in [0, 0.05) is 19.7 Å². The molecule has 2 rings (SSSR count). The first-order valence-electron chi connectivity index (χ1n) is 5.76. The van der Waals surface area contributed by atoms with E-state index in [9.17, 15) is 4.39 Å². The van der Waals surface area contributed by atoms with E-state index >= 15 is 0 Å². The fraction of sp³-hybridized carbons (Fsp3) is 0.231. The van der Waals surface area contributed by atoms with Gasteiger partial charge < -0.3 is 10.6 Å². The number of halogens is 1. The third kappa shape index (κ3) is 3.41. The van der Waals surface area contributed by atoms with Crippen molar-refractivity contribution in [1.82, 2.24) is 9.97 Å². The zero-order valence-electron chi connectivity index (χ0n) is 10.2. The molecule has 2 N–H and O–H groups in total. The number of hydrogen-bond donors (Lipinski definition) is 2. The minimum Gasteiger partial charge on any atom is -0.373 e. The zero-order chi connectivity index (χ0) is 12.8. The zero-order valence-corrected chi connectivity index (χ0v) is 10.2. The second-order valence-corrected chi connectivity index (χ2v) is 3.84. The van der Waals surface area contributed by atoms with Crippen molar-refractivity contribution >= 4 is 11.6 Å². The Balaban J connectivity index is 1.86. The molecule has 0 amide bonds. The molecule has 0 aliphatic rings. The molecule has 18 heavy (non-hydrogen) atoms. The highest BCUT2D eigenvalue weighted by Gasteiger charge is 1.97. The summed E-state index contributed by atoms with van der Waals surface area (Å²) in [6.45, 7) is 0.742. The molecule has 0 unspecified atom stereocenters. The Morgan fingerprint density at radius 1 is 1.11 bits per heavy atom. The van der Waals surface area contributed by atoms with E-state index in [1.165, 1.54) is 18.5 Å². The van der Waals surface area contributed by atoms with Crippen molar-refractivity contribution in [2.45, 2.75) is 6.42 Å². The predicted molar refractivity (Wildman–Crippen MR) is 70.2 cm³/mol. The topological polar surface area (TPSA) is 49.8 Å². The summed E-state index contributed by atoms with van der Waals surface area (Å²) in [5.74, 6) is 1.34. The second kappa shape index (κ2) is 5.95. The van der Waals surface area contributed by atoms with Crippen molar-refractivity contribution in [3.05, 3.63) is 48.0 Å². The van der Waals surface area contributed by atoms with Gasteiger partial charge in [0.05, 0.1) is 0 Å². The Bertz CT molecular complexity index is 499. The van der Waals surface area contributed by atoms with E-state index in [0.717, 1.165) is 30.2 Å². The monoisotopic (exact) mass is 246 g/mol. The number of benzene rings is 1. The molecule has 0 fully saturated rings. The Morgan fingerprint density at radius 2 is 1.83 bits per heavy atom. The molecular weight excluding hydrogens is 231 g/mol. The smallest absolute Gasteiger partial charge is 0.131 e. The van der Waals surface area contributed by atoms with Gasteiger partial charge in [0.25, 0.3) is 0 Å². The van der Waals surface area contributed by atoms with E-state index in [1.54, 1.807) is 12.1 Å². The maximum absolute atomic E-state index is 12.7. The highest BCUT2D eigenvalue weighted by Crippen LogP contribution is 2.08. The van der Waals surface area contributed by atoms with Gasteiger partial charge >= 0.3 is 0 Å². The maximum Gasteiger partial charge on any atom is 0.131 e. The van der Waals surface area contributed by atoms with Crippen molar-refractivity contribution in [1.29, 1.82) is 0 Å². The average molecular weight is 246 g/mol. The van der Waals surface area contributed by atoms with Gasteiger partial charge in [-0.05, 0) is 24.1 Å². The molecule has 0 aliphatic carbocycles. The summed E-state index contributed by atoms with van der Waals surface area (Å²) in [6, 6.07) is 8.36. The van der Waals surface area contributed by atoms with Gasteiger partial charge in [0.2, 0.25) is 0 Å². The molecule has 0 saturated carbocycles. The van der Waals surface area contributed by atoms with Crippen LogP contribution in [0.5, 0.6) is 0 Å². The average Bonchev–Trinajstić information content (AvgIpc) is 2.41. The van der Waals surface area contributed by atoms with Crippen molar-refractivity contribution in [3.63, 3.8) is 0 Å². The van der Waals surface area contributed by atoms with Crippen LogP contribution in [0.2, 0.25) is 0 Å². The van der Waals surface area contributed by atoms with Gasteiger partial charge in [-0.2, -0.15) is 0 Å². The Hall–Kier alpha value is -2.17. The van der Waals surface area contributed by atoms with Crippen LogP contribution in [-0.2, 0) is 6.42 Å². The van der Waals surface area contributed by atoms with Crippen LogP contribution in [0.25, 0.3) is 0 Å². The quantitative estimate of drug-likeness (QED) is 0.850. The fourth-order valence-corrected chi connectivity index (χ4v) is 1.58. The standard InChI is InChI=1S/C13H15FN4/c1-15-12-8-13(18-9-17-12)16-7-6-10-2-4-11(14)5-3-10/h2-5,8-9H,6-7H2,1H3,(H2,15,16,17,18). The van der Waals surface area contributed by atoms with Crippen molar-refractivity contribution in [3.8, 4) is 0 Å². The van der Waals surface area contributed by atoms with Crippen molar-refractivity contribution in [2.75, 3.05) is 24.2 Å². The van der Waals surface area contributed by atoms with Gasteiger partial charge in [-0.25, -0.2) is 14.4 Å². The molecule has 0 aliphatic heterocycles. The largest absolute Gasteiger partial charge is 0.373 e. The van der Waals surface area contributed by atoms with Crippen LogP contribution in [0.15, 0.2) is 36.7 Å². The summed E-state index contributed by atoms with van der Waals surface area (Å²) in [5, 5.41) is 6.15. The third-order valence-electron chi connectivity index (χ3n) is 2.56. The number of hydrogen-bond acceptors (Lipinski definition) is 4. The SMILES string of the molecule is CNc1cc(NCCc2ccc(F)cc2)ncn1. The normalized spacial score (nSPS) is 10.1. The number of rotatable bonds is 5. The molecule has 4 nitrogen and oxygen atoms in total. The summed E-state index contributed by atoms with van der Waals surface area (Å²) < 4.78 is 12.7. The van der Waals surface area contributed by atoms with E-state index in [1.807, 2.05) is 13.1 Å². The van der Waals surface area contributed by atoms with Crippen LogP contribution in [0.4, 0.5) is 16.0 Å². The van der Waals surface area contributed by atoms with Gasteiger partial charge in [-0.3, -0.25) is 0 Å². The first-order chi connectivity index (χ1) is 8.78. The first-order valence-corrected chi connectivity index (χ1v) is 5.76. The molecule has 0 spiro atoms. The van der Waals surface area contributed by atoms with Gasteiger partial charge in [-0.1, -0.05) is 12.1 Å². The molecule has 0 radical (unpaired) electrons. The molecule has 0 saturated heterocycles. The van der Waals surface area contributed by atoms with Crippen LogP contribution in [-0.4, -0.2) is 23.6 Å². The van der Waals surface area contributed by atoms with Gasteiger partial charge in [0.1, 0.15) is 23.8 Å². The number of anilines is 2. The minimum atomic E-state index is -0.207. The van der Waals surface area contributed by atoms with Crippen LogP contribution >= 0.6 is 0 Å². The summed E-state index contributed by atoms with van der Waals surface area (Å²) >= 11 is 0. The summed E-state index contributed by atoms with van der Waals surface area (Å²) in [6.07, 6.45) is 2.32.